The summed E-state index contributed by atoms with van der Waals surface area (Å²) in [5, 5.41) is 0. The smallest absolute Gasteiger partial charge is 0.309 e. The zero-order valence-corrected chi connectivity index (χ0v) is 11.9. The zero-order chi connectivity index (χ0) is 18.3. The minimum Gasteiger partial charge on any atom is -0.309 e. The number of hydrogen-bond donors (Lipinski definition) is 2. The third kappa shape index (κ3) is 3.68. The molecular formula is C15H12F6N2O. The highest BCUT2D eigenvalue weighted by molar-refractivity contribution is 6.10. The topological polar surface area (TPSA) is 69.1 Å². The summed E-state index contributed by atoms with van der Waals surface area (Å²) >= 11 is 0. The summed E-state index contributed by atoms with van der Waals surface area (Å²) in [6.45, 7) is 0. The van der Waals surface area contributed by atoms with E-state index in [4.69, 9.17) is 11.5 Å². The fraction of sp³-hybridized carbons (Fsp3) is 0.267. The van der Waals surface area contributed by atoms with Crippen LogP contribution in [0, 0.1) is 5.92 Å². The average Bonchev–Trinajstić information content (AvgIpc) is 2.44. The summed E-state index contributed by atoms with van der Waals surface area (Å²) in [7, 11) is 0. The van der Waals surface area contributed by atoms with Crippen molar-refractivity contribution in [3.8, 4) is 0 Å². The molecule has 1 aromatic rings. The van der Waals surface area contributed by atoms with Gasteiger partial charge >= 0.3 is 12.4 Å². The van der Waals surface area contributed by atoms with Crippen LogP contribution in [0.25, 0.3) is 0 Å². The van der Waals surface area contributed by atoms with Crippen molar-refractivity contribution in [2.24, 2.45) is 17.4 Å². The summed E-state index contributed by atoms with van der Waals surface area (Å²) in [5.74, 6) is -3.32. The van der Waals surface area contributed by atoms with Gasteiger partial charge in [-0.3, -0.25) is 4.79 Å². The second-order valence-electron chi connectivity index (χ2n) is 5.38. The molecule has 4 N–H and O–H groups in total. The third-order valence-electron chi connectivity index (χ3n) is 3.50. The first kappa shape index (κ1) is 18.2. The van der Waals surface area contributed by atoms with E-state index in [1.54, 1.807) is 0 Å². The second-order valence-corrected chi connectivity index (χ2v) is 5.38. The van der Waals surface area contributed by atoms with Gasteiger partial charge in [0.15, 0.2) is 5.78 Å². The monoisotopic (exact) mass is 350 g/mol. The number of halogens is 6. The maximum Gasteiger partial charge on any atom is 0.416 e. The molecule has 130 valence electrons. The van der Waals surface area contributed by atoms with Crippen LogP contribution in [0.2, 0.25) is 0 Å². The zero-order valence-electron chi connectivity index (χ0n) is 11.9. The van der Waals surface area contributed by atoms with Crippen LogP contribution in [0.3, 0.4) is 0 Å². The van der Waals surface area contributed by atoms with Gasteiger partial charge in [-0.2, -0.15) is 26.3 Å². The molecule has 0 radical (unpaired) electrons. The highest BCUT2D eigenvalue weighted by Crippen LogP contribution is 2.37. The van der Waals surface area contributed by atoms with Gasteiger partial charge in [0, 0.05) is 11.1 Å². The van der Waals surface area contributed by atoms with E-state index in [1.807, 2.05) is 0 Å². The number of alkyl halides is 6. The fourth-order valence-electron chi connectivity index (χ4n) is 2.25. The minimum atomic E-state index is -4.81. The lowest BCUT2D eigenvalue weighted by Gasteiger charge is -2.33. The van der Waals surface area contributed by atoms with Gasteiger partial charge in [0.1, 0.15) is 5.92 Å². The van der Waals surface area contributed by atoms with Gasteiger partial charge in [-0.25, -0.2) is 0 Å². The number of ketones is 1. The Kier molecular flexibility index (Phi) is 4.36. The van der Waals surface area contributed by atoms with E-state index in [0.29, 0.717) is 12.1 Å². The number of Topliss-reactive ketones (excluding diaryl/α,β-unsaturated/α-hetero) is 1. The maximum atomic E-state index is 13.0. The van der Waals surface area contributed by atoms with Crippen molar-refractivity contribution in [2.45, 2.75) is 18.0 Å². The molecule has 1 atom stereocenters. The van der Waals surface area contributed by atoms with Crippen molar-refractivity contribution in [3.63, 3.8) is 0 Å². The molecule has 1 aliphatic carbocycles. The maximum absolute atomic E-state index is 13.0. The summed E-state index contributed by atoms with van der Waals surface area (Å²) in [6.07, 6.45) is -7.17. The van der Waals surface area contributed by atoms with Crippen molar-refractivity contribution < 1.29 is 31.1 Å². The molecule has 1 aromatic carbocycles. The minimum absolute atomic E-state index is 0.386. The van der Waals surface area contributed by atoms with E-state index in [-0.39, 0.29) is 5.56 Å². The van der Waals surface area contributed by atoms with Crippen LogP contribution in [0.4, 0.5) is 26.3 Å². The normalized spacial score (nSPS) is 20.7. The van der Waals surface area contributed by atoms with Crippen LogP contribution in [0.5, 0.6) is 0 Å². The molecule has 3 nitrogen and oxygen atoms in total. The van der Waals surface area contributed by atoms with Gasteiger partial charge in [-0.1, -0.05) is 24.3 Å². The molecule has 0 heterocycles. The Balaban J connectivity index is 2.40. The molecule has 0 fully saturated rings. The number of carbonyl (C=O) groups is 1. The molecule has 2 rings (SSSR count). The number of nitrogens with two attached hydrogens (primary N) is 2. The molecule has 0 aromatic heterocycles. The Morgan fingerprint density at radius 1 is 1.08 bits per heavy atom. The van der Waals surface area contributed by atoms with Crippen molar-refractivity contribution >= 4 is 5.78 Å². The first-order chi connectivity index (χ1) is 10.8. The lowest BCUT2D eigenvalue weighted by Crippen LogP contribution is -2.59. The summed E-state index contributed by atoms with van der Waals surface area (Å²) in [4.78, 5) is 12.2. The Labute approximate surface area is 132 Å². The highest BCUT2D eigenvalue weighted by atomic mass is 19.4. The van der Waals surface area contributed by atoms with Crippen LogP contribution in [-0.2, 0) is 6.18 Å². The van der Waals surface area contributed by atoms with Crippen molar-refractivity contribution in [1.29, 1.82) is 0 Å². The van der Waals surface area contributed by atoms with Crippen molar-refractivity contribution in [3.05, 3.63) is 59.2 Å². The van der Waals surface area contributed by atoms with Crippen molar-refractivity contribution in [2.75, 3.05) is 0 Å². The molecule has 0 spiro atoms. The molecule has 24 heavy (non-hydrogen) atoms. The Bertz CT molecular complexity index is 715. The quantitative estimate of drug-likeness (QED) is 0.489. The molecule has 0 saturated heterocycles. The van der Waals surface area contributed by atoms with Crippen LogP contribution in [0.1, 0.15) is 15.9 Å². The van der Waals surface area contributed by atoms with E-state index in [2.05, 4.69) is 0 Å². The van der Waals surface area contributed by atoms with E-state index in [9.17, 15) is 31.1 Å². The Hall–Kier alpha value is -2.13. The molecule has 0 amide bonds. The number of benzene rings is 1. The van der Waals surface area contributed by atoms with E-state index in [1.165, 1.54) is 0 Å². The van der Waals surface area contributed by atoms with Gasteiger partial charge in [0.05, 0.1) is 11.2 Å². The summed E-state index contributed by atoms with van der Waals surface area (Å²) in [6, 6.07) is 3.42. The SMILES string of the molecule is NC1(N)C=CC(C(=O)c2cccc(C(F)(F)F)c2)=CC1C(F)(F)F. The van der Waals surface area contributed by atoms with Gasteiger partial charge in [0.2, 0.25) is 0 Å². The number of carbonyl (C=O) groups excluding carboxylic acids is 1. The lowest BCUT2D eigenvalue weighted by molar-refractivity contribution is -0.173. The largest absolute Gasteiger partial charge is 0.416 e. The summed E-state index contributed by atoms with van der Waals surface area (Å²) in [5.41, 5.74) is 6.58. The Morgan fingerprint density at radius 3 is 2.25 bits per heavy atom. The van der Waals surface area contributed by atoms with E-state index < -0.39 is 40.9 Å². The number of rotatable bonds is 2. The fourth-order valence-corrected chi connectivity index (χ4v) is 2.25. The lowest BCUT2D eigenvalue weighted by atomic mass is 9.84. The Morgan fingerprint density at radius 2 is 1.71 bits per heavy atom. The van der Waals surface area contributed by atoms with Gasteiger partial charge < -0.3 is 11.5 Å². The highest BCUT2D eigenvalue weighted by Gasteiger charge is 2.49. The standard InChI is InChI=1S/C15H12F6N2O/c16-14(17,18)10-3-1-2-8(6-10)12(24)9-4-5-13(22,23)11(7-9)15(19,20)21/h1-7,11H,22-23H2. The van der Waals surface area contributed by atoms with Crippen LogP contribution < -0.4 is 11.5 Å². The molecule has 1 aliphatic rings. The van der Waals surface area contributed by atoms with Crippen LogP contribution in [-0.4, -0.2) is 17.6 Å². The molecule has 0 aliphatic heterocycles. The molecule has 0 bridgehead atoms. The van der Waals surface area contributed by atoms with E-state index in [0.717, 1.165) is 30.4 Å². The third-order valence-corrected chi connectivity index (χ3v) is 3.50. The van der Waals surface area contributed by atoms with Gasteiger partial charge in [-0.05, 0) is 18.2 Å². The molecule has 0 saturated carbocycles. The predicted octanol–water partition coefficient (Wildman–Crippen LogP) is 3.18. The van der Waals surface area contributed by atoms with Crippen LogP contribution in [0.15, 0.2) is 48.1 Å². The predicted molar refractivity (Wildman–Crippen MR) is 73.6 cm³/mol. The second kappa shape index (κ2) is 5.75. The van der Waals surface area contributed by atoms with Crippen LogP contribution >= 0.6 is 0 Å². The van der Waals surface area contributed by atoms with Gasteiger partial charge in [0.25, 0.3) is 0 Å². The first-order valence-corrected chi connectivity index (χ1v) is 6.60. The summed E-state index contributed by atoms with van der Waals surface area (Å²) < 4.78 is 77.0. The average molecular weight is 350 g/mol. The first-order valence-electron chi connectivity index (χ1n) is 6.60. The van der Waals surface area contributed by atoms with Crippen molar-refractivity contribution in [1.82, 2.24) is 0 Å². The number of allylic oxidation sites excluding steroid dienone is 2. The molecule has 9 heteroatoms. The van der Waals surface area contributed by atoms with Gasteiger partial charge in [-0.15, -0.1) is 0 Å². The number of hydrogen-bond acceptors (Lipinski definition) is 3. The molecular weight excluding hydrogens is 338 g/mol. The molecule has 1 unspecified atom stereocenters. The van der Waals surface area contributed by atoms with E-state index >= 15 is 0 Å².